The van der Waals surface area contributed by atoms with Gasteiger partial charge in [-0.05, 0) is 43.4 Å². The van der Waals surface area contributed by atoms with Gasteiger partial charge in [0.05, 0.1) is 24.1 Å². The van der Waals surface area contributed by atoms with Crippen LogP contribution in [0, 0.1) is 0 Å². The van der Waals surface area contributed by atoms with Crippen LogP contribution in [0.4, 0.5) is 11.4 Å². The number of aromatic nitrogens is 1. The first-order valence-corrected chi connectivity index (χ1v) is 10.9. The molecule has 2 N–H and O–H groups in total. The molecule has 0 bridgehead atoms. The first-order valence-electron chi connectivity index (χ1n) is 9.66. The van der Waals surface area contributed by atoms with Crippen molar-refractivity contribution in [3.8, 4) is 5.75 Å². The number of fused-ring (bicyclic) bond motifs is 1. The largest absolute Gasteiger partial charge is 0.497 e. The molecule has 0 radical (unpaired) electrons. The van der Waals surface area contributed by atoms with Gasteiger partial charge in [0.15, 0.2) is 5.01 Å². The van der Waals surface area contributed by atoms with Crippen molar-refractivity contribution in [1.82, 2.24) is 9.88 Å². The summed E-state index contributed by atoms with van der Waals surface area (Å²) in [5.41, 5.74) is 2.17. The van der Waals surface area contributed by atoms with E-state index < -0.39 is 5.91 Å². The number of carbonyl (C=O) groups is 2. The molecule has 0 aliphatic carbocycles. The van der Waals surface area contributed by atoms with Crippen molar-refractivity contribution in [3.05, 3.63) is 68.6 Å². The third kappa shape index (κ3) is 4.87. The maximum absolute atomic E-state index is 12.9. The van der Waals surface area contributed by atoms with Crippen LogP contribution in [0.25, 0.3) is 0 Å². The second kappa shape index (κ2) is 9.05. The minimum absolute atomic E-state index is 0.272. The topological polar surface area (TPSA) is 83.6 Å². The van der Waals surface area contributed by atoms with Gasteiger partial charge >= 0.3 is 0 Å². The predicted molar refractivity (Wildman–Crippen MR) is 123 cm³/mol. The fourth-order valence-electron chi connectivity index (χ4n) is 3.31. The smallest absolute Gasteiger partial charge is 0.284 e. The van der Waals surface area contributed by atoms with Gasteiger partial charge in [-0.2, -0.15) is 0 Å². The van der Waals surface area contributed by atoms with Gasteiger partial charge in [-0.15, -0.1) is 11.3 Å². The summed E-state index contributed by atoms with van der Waals surface area (Å²) in [5, 5.41) is 6.53. The molecule has 0 atom stereocenters. The minimum atomic E-state index is -0.392. The van der Waals surface area contributed by atoms with Gasteiger partial charge in [0.2, 0.25) is 0 Å². The average Bonchev–Trinajstić information content (AvgIpc) is 3.17. The van der Waals surface area contributed by atoms with Crippen LogP contribution < -0.4 is 15.4 Å². The Bertz CT molecular complexity index is 1150. The van der Waals surface area contributed by atoms with E-state index in [-0.39, 0.29) is 11.5 Å². The number of methoxy groups -OCH3 is 1. The highest BCUT2D eigenvalue weighted by molar-refractivity contribution is 7.13. The molecule has 2 heterocycles. The highest BCUT2D eigenvalue weighted by Gasteiger charge is 2.23. The zero-order valence-corrected chi connectivity index (χ0v) is 18.6. The molecule has 9 heteroatoms. The molecule has 3 aromatic rings. The average molecular weight is 457 g/mol. The molecule has 0 fully saturated rings. The second-order valence-corrected chi connectivity index (χ2v) is 8.73. The molecule has 1 aliphatic rings. The molecular weight excluding hydrogens is 436 g/mol. The van der Waals surface area contributed by atoms with E-state index in [0.717, 1.165) is 30.1 Å². The maximum atomic E-state index is 12.9. The third-order valence-electron chi connectivity index (χ3n) is 4.92. The molecule has 4 rings (SSSR count). The van der Waals surface area contributed by atoms with E-state index in [0.29, 0.717) is 27.2 Å². The molecule has 160 valence electrons. The molecule has 2 aromatic carbocycles. The Labute approximate surface area is 189 Å². The highest BCUT2D eigenvalue weighted by Crippen LogP contribution is 2.27. The zero-order valence-electron chi connectivity index (χ0n) is 17.1. The predicted octanol–water partition coefficient (Wildman–Crippen LogP) is 4.30. The number of thiazole rings is 1. The van der Waals surface area contributed by atoms with E-state index in [2.05, 4.69) is 20.5 Å². The van der Waals surface area contributed by atoms with Crippen molar-refractivity contribution in [2.45, 2.75) is 13.0 Å². The van der Waals surface area contributed by atoms with Gasteiger partial charge in [0, 0.05) is 35.1 Å². The van der Waals surface area contributed by atoms with Crippen molar-refractivity contribution in [3.63, 3.8) is 0 Å². The Morgan fingerprint density at radius 3 is 2.77 bits per heavy atom. The van der Waals surface area contributed by atoms with E-state index in [4.69, 9.17) is 16.3 Å². The van der Waals surface area contributed by atoms with Crippen LogP contribution in [0.5, 0.6) is 5.75 Å². The van der Waals surface area contributed by atoms with Crippen LogP contribution >= 0.6 is 22.9 Å². The number of halogens is 1. The van der Waals surface area contributed by atoms with Crippen LogP contribution in [0.15, 0.2) is 42.5 Å². The molecule has 0 saturated heterocycles. The van der Waals surface area contributed by atoms with E-state index in [9.17, 15) is 9.59 Å². The number of nitrogens with one attached hydrogen (secondary N) is 2. The van der Waals surface area contributed by atoms with Gasteiger partial charge in [0.1, 0.15) is 5.75 Å². The summed E-state index contributed by atoms with van der Waals surface area (Å²) in [6.07, 6.45) is 0.825. The van der Waals surface area contributed by atoms with Crippen molar-refractivity contribution in [1.29, 1.82) is 0 Å². The number of hydrogen-bond donors (Lipinski definition) is 2. The highest BCUT2D eigenvalue weighted by atomic mass is 35.5. The number of rotatable bonds is 5. The lowest BCUT2D eigenvalue weighted by Crippen LogP contribution is -2.25. The van der Waals surface area contributed by atoms with Crippen LogP contribution in [0.3, 0.4) is 0 Å². The fourth-order valence-corrected chi connectivity index (χ4v) is 4.58. The molecule has 0 saturated carbocycles. The zero-order chi connectivity index (χ0) is 22.0. The van der Waals surface area contributed by atoms with E-state index in [1.54, 1.807) is 42.5 Å². The Morgan fingerprint density at radius 2 is 2.00 bits per heavy atom. The Balaban J connectivity index is 1.58. The number of benzene rings is 2. The first kappa shape index (κ1) is 21.3. The van der Waals surface area contributed by atoms with E-state index in [1.165, 1.54) is 18.4 Å². The molecule has 0 unspecified atom stereocenters. The van der Waals surface area contributed by atoms with Gasteiger partial charge in [-0.25, -0.2) is 4.98 Å². The first-order chi connectivity index (χ1) is 14.9. The summed E-state index contributed by atoms with van der Waals surface area (Å²) >= 11 is 7.39. The summed E-state index contributed by atoms with van der Waals surface area (Å²) < 4.78 is 5.26. The van der Waals surface area contributed by atoms with Crippen molar-refractivity contribution >= 4 is 46.1 Å². The third-order valence-corrected chi connectivity index (χ3v) is 6.23. The number of hydrogen-bond acceptors (Lipinski definition) is 6. The molecule has 1 aromatic heterocycles. The Kier molecular flexibility index (Phi) is 6.22. The summed E-state index contributed by atoms with van der Waals surface area (Å²) in [7, 11) is 3.56. The molecule has 1 aliphatic heterocycles. The summed E-state index contributed by atoms with van der Waals surface area (Å²) in [4.78, 5) is 33.6. The lowest BCUT2D eigenvalue weighted by molar-refractivity contribution is 0.102. The van der Waals surface area contributed by atoms with Crippen LogP contribution in [-0.4, -0.2) is 42.4 Å². The monoisotopic (exact) mass is 456 g/mol. The standard InChI is InChI=1S/C22H21ClN4O3S/c1-27-9-8-18-19(12-27)31-22(26-18)21(29)25-17-7-6-15(30-2)11-16(17)20(28)24-14-5-3-4-13(23)10-14/h3-7,10-11H,8-9,12H2,1-2H3,(H,24,28)(H,25,29). The Hall–Kier alpha value is -2.94. The van der Waals surface area contributed by atoms with Crippen molar-refractivity contribution in [2.75, 3.05) is 31.3 Å². The molecular formula is C22H21ClN4O3S. The second-order valence-electron chi connectivity index (χ2n) is 7.21. The lowest BCUT2D eigenvalue weighted by atomic mass is 10.1. The number of anilines is 2. The molecule has 0 spiro atoms. The van der Waals surface area contributed by atoms with Gasteiger partial charge < -0.3 is 20.3 Å². The minimum Gasteiger partial charge on any atom is -0.497 e. The van der Waals surface area contributed by atoms with Gasteiger partial charge in [-0.1, -0.05) is 17.7 Å². The summed E-state index contributed by atoms with van der Waals surface area (Å²) in [6.45, 7) is 1.71. The number of ether oxygens (including phenoxy) is 1. The van der Waals surface area contributed by atoms with Crippen LogP contribution in [0.1, 0.15) is 30.7 Å². The van der Waals surface area contributed by atoms with Gasteiger partial charge in [0.25, 0.3) is 11.8 Å². The number of likely N-dealkylation sites (N-methyl/N-ethyl adjacent to an activating group) is 1. The number of amides is 2. The van der Waals surface area contributed by atoms with Crippen molar-refractivity contribution < 1.29 is 14.3 Å². The molecule has 7 nitrogen and oxygen atoms in total. The number of nitrogens with zero attached hydrogens (tertiary/aromatic N) is 2. The molecule has 2 amide bonds. The van der Waals surface area contributed by atoms with Crippen LogP contribution in [-0.2, 0) is 13.0 Å². The van der Waals surface area contributed by atoms with Crippen molar-refractivity contribution in [2.24, 2.45) is 0 Å². The molecule has 31 heavy (non-hydrogen) atoms. The summed E-state index contributed by atoms with van der Waals surface area (Å²) in [5.74, 6) is -0.234. The fraction of sp³-hybridized carbons (Fsp3) is 0.227. The Morgan fingerprint density at radius 1 is 1.16 bits per heavy atom. The SMILES string of the molecule is COc1ccc(NC(=O)c2nc3c(s2)CN(C)CC3)c(C(=O)Nc2cccc(Cl)c2)c1. The van der Waals surface area contributed by atoms with E-state index in [1.807, 2.05) is 7.05 Å². The lowest BCUT2D eigenvalue weighted by Gasteiger charge is -2.20. The van der Waals surface area contributed by atoms with Crippen LogP contribution in [0.2, 0.25) is 5.02 Å². The van der Waals surface area contributed by atoms with E-state index >= 15 is 0 Å². The van der Waals surface area contributed by atoms with Gasteiger partial charge in [-0.3, -0.25) is 9.59 Å². The number of carbonyl (C=O) groups excluding carboxylic acids is 2. The normalized spacial score (nSPS) is 13.4. The maximum Gasteiger partial charge on any atom is 0.284 e. The quantitative estimate of drug-likeness (QED) is 0.598. The summed E-state index contributed by atoms with van der Waals surface area (Å²) in [6, 6.07) is 11.8.